The van der Waals surface area contributed by atoms with Crippen molar-refractivity contribution in [2.24, 2.45) is 0 Å². The van der Waals surface area contributed by atoms with E-state index in [-0.39, 0.29) is 24.8 Å². The van der Waals surface area contributed by atoms with Crippen LogP contribution in [-0.2, 0) is 21.1 Å². The van der Waals surface area contributed by atoms with Crippen LogP contribution in [0.3, 0.4) is 0 Å². The summed E-state index contributed by atoms with van der Waals surface area (Å²) in [4.78, 5) is 0. The van der Waals surface area contributed by atoms with Crippen LogP contribution in [0.2, 0.25) is 0 Å². The summed E-state index contributed by atoms with van der Waals surface area (Å²) in [5.41, 5.74) is 5.85. The molecule has 0 N–H and O–H groups in total. The third-order valence-electron chi connectivity index (χ3n) is 3.78. The molecule has 1 aliphatic rings. The van der Waals surface area contributed by atoms with Gasteiger partial charge in [-0.3, -0.25) is 0 Å². The summed E-state index contributed by atoms with van der Waals surface area (Å²) in [5.74, 6) is 0. The minimum absolute atomic E-state index is 0. The van der Waals surface area contributed by atoms with Crippen LogP contribution in [0.4, 0.5) is 0 Å². The summed E-state index contributed by atoms with van der Waals surface area (Å²) in [6, 6.07) is 22.1. The molecule has 0 fully saturated rings. The Morgan fingerprint density at radius 1 is 0.700 bits per heavy atom. The van der Waals surface area contributed by atoms with Crippen LogP contribution < -0.4 is 24.8 Å². The Kier molecular flexibility index (Phi) is 4.63. The molecule has 0 amide bonds. The number of halogens is 2. The zero-order valence-corrected chi connectivity index (χ0v) is 14.3. The molecule has 0 saturated heterocycles. The zero-order valence-electron chi connectivity index (χ0n) is 10.6. The molecule has 0 saturated carbocycles. The van der Waals surface area contributed by atoms with E-state index >= 15 is 0 Å². The minimum atomic E-state index is 0. The Balaban J connectivity index is 0.000000735. The van der Waals surface area contributed by atoms with E-state index in [4.69, 9.17) is 0 Å². The second kappa shape index (κ2) is 5.93. The van der Waals surface area contributed by atoms with E-state index < -0.39 is 0 Å². The molecule has 0 aliphatic heterocycles. The Morgan fingerprint density at radius 2 is 1.40 bits per heavy atom. The van der Waals surface area contributed by atoms with Crippen LogP contribution in [0.1, 0.15) is 15.3 Å². The van der Waals surface area contributed by atoms with Crippen LogP contribution in [-0.4, -0.2) is 0 Å². The van der Waals surface area contributed by atoms with Gasteiger partial charge in [0.05, 0.1) is 0 Å². The van der Waals surface area contributed by atoms with Gasteiger partial charge in [0.15, 0.2) is 0 Å². The van der Waals surface area contributed by atoms with Gasteiger partial charge in [0.2, 0.25) is 0 Å². The summed E-state index contributed by atoms with van der Waals surface area (Å²) in [7, 11) is 0. The number of hydrogen-bond donors (Lipinski definition) is 0. The molecule has 3 aromatic rings. The Hall–Kier alpha value is -0.760. The standard InChI is InChI=1S/C17H11.2ClH.Nb/c1-3-7-15-12(5-1)9-10-14-11-13-6-2-4-8-16(13)17(14)15;;;/h1-11H;2*1H;/q;;;+2/p-2. The molecule has 3 heteroatoms. The number of hydrogen-bond acceptors (Lipinski definition) is 0. The van der Waals surface area contributed by atoms with Crippen LogP contribution >= 0.6 is 0 Å². The summed E-state index contributed by atoms with van der Waals surface area (Å²) < 4.78 is 0.565. The van der Waals surface area contributed by atoms with Gasteiger partial charge in [-0.2, -0.15) is 0 Å². The van der Waals surface area contributed by atoms with Gasteiger partial charge in [0.25, 0.3) is 0 Å². The first-order valence-corrected chi connectivity index (χ1v) is 7.42. The van der Waals surface area contributed by atoms with Crippen molar-refractivity contribution in [3.05, 3.63) is 71.8 Å². The van der Waals surface area contributed by atoms with E-state index in [0.717, 1.165) is 0 Å². The predicted octanol–water partition coefficient (Wildman–Crippen LogP) is -1.54. The van der Waals surface area contributed by atoms with Crippen LogP contribution in [0.5, 0.6) is 0 Å². The molecule has 1 atom stereocenters. The first kappa shape index (κ1) is 15.6. The van der Waals surface area contributed by atoms with Crippen LogP contribution in [0, 0.1) is 0 Å². The topological polar surface area (TPSA) is 0 Å². The molecule has 1 unspecified atom stereocenters. The molecule has 1 aliphatic carbocycles. The number of fused-ring (bicyclic) bond motifs is 5. The SMILES string of the molecule is [Cl-].[Cl-].[Nb+2][CH]1c2ccccc2-c2c1ccc1ccccc21. The van der Waals surface area contributed by atoms with Crippen molar-refractivity contribution in [2.45, 2.75) is 4.14 Å². The monoisotopic (exact) mass is 378 g/mol. The molecule has 98 valence electrons. The van der Waals surface area contributed by atoms with Gasteiger partial charge in [-0.05, 0) is 0 Å². The van der Waals surface area contributed by atoms with E-state index in [1.54, 1.807) is 0 Å². The van der Waals surface area contributed by atoms with Crippen LogP contribution in [0.15, 0.2) is 60.7 Å². The predicted molar refractivity (Wildman–Crippen MR) is 71.2 cm³/mol. The third-order valence-corrected chi connectivity index (χ3v) is 5.15. The second-order valence-electron chi connectivity index (χ2n) is 4.74. The van der Waals surface area contributed by atoms with Crippen molar-refractivity contribution < 1.29 is 45.9 Å². The number of benzene rings is 3. The van der Waals surface area contributed by atoms with Gasteiger partial charge in [-0.25, -0.2) is 0 Å². The van der Waals surface area contributed by atoms with Crippen molar-refractivity contribution >= 4 is 10.8 Å². The van der Waals surface area contributed by atoms with E-state index in [9.17, 15) is 0 Å². The van der Waals surface area contributed by atoms with E-state index in [1.807, 2.05) is 21.1 Å². The fourth-order valence-electron chi connectivity index (χ4n) is 2.95. The van der Waals surface area contributed by atoms with E-state index in [1.165, 1.54) is 33.0 Å². The molecule has 3 aromatic carbocycles. The number of rotatable bonds is 0. The first-order valence-electron chi connectivity index (χ1n) is 6.15. The molecule has 0 nitrogen and oxygen atoms in total. The summed E-state index contributed by atoms with van der Waals surface area (Å²) >= 11 is 1.90. The maximum absolute atomic E-state index is 2.31. The fraction of sp³-hybridized carbons (Fsp3) is 0.0588. The van der Waals surface area contributed by atoms with E-state index in [2.05, 4.69) is 60.7 Å². The molecular formula is C17H11Cl2Nb. The maximum atomic E-state index is 2.31. The quantitative estimate of drug-likeness (QED) is 0.416. The Bertz CT molecular complexity index is 768. The fourth-order valence-corrected chi connectivity index (χ4v) is 4.03. The first-order chi connectivity index (χ1) is 8.86. The molecule has 0 radical (unpaired) electrons. The van der Waals surface area contributed by atoms with Gasteiger partial charge >= 0.3 is 119 Å². The zero-order chi connectivity index (χ0) is 12.1. The molecule has 0 spiro atoms. The van der Waals surface area contributed by atoms with Gasteiger partial charge in [0, 0.05) is 0 Å². The average Bonchev–Trinajstić information content (AvgIpc) is 2.73. The molecular weight excluding hydrogens is 368 g/mol. The summed E-state index contributed by atoms with van der Waals surface area (Å²) in [6.07, 6.45) is 0. The second-order valence-corrected chi connectivity index (χ2v) is 6.01. The molecule has 4 rings (SSSR count). The normalized spacial score (nSPS) is 14.8. The van der Waals surface area contributed by atoms with Crippen molar-refractivity contribution in [3.8, 4) is 11.1 Å². The van der Waals surface area contributed by atoms with E-state index in [0.29, 0.717) is 4.14 Å². The molecule has 0 aromatic heterocycles. The summed E-state index contributed by atoms with van der Waals surface area (Å²) in [5, 5.41) is 2.73. The van der Waals surface area contributed by atoms with Gasteiger partial charge in [-0.15, -0.1) is 0 Å². The van der Waals surface area contributed by atoms with Crippen molar-refractivity contribution in [1.29, 1.82) is 0 Å². The van der Waals surface area contributed by atoms with Gasteiger partial charge < -0.3 is 24.8 Å². The summed E-state index contributed by atoms with van der Waals surface area (Å²) in [6.45, 7) is 0. The average molecular weight is 379 g/mol. The van der Waals surface area contributed by atoms with Gasteiger partial charge in [-0.1, -0.05) is 0 Å². The van der Waals surface area contributed by atoms with Crippen molar-refractivity contribution in [2.75, 3.05) is 0 Å². The molecule has 20 heavy (non-hydrogen) atoms. The van der Waals surface area contributed by atoms with Crippen LogP contribution in [0.25, 0.3) is 21.9 Å². The van der Waals surface area contributed by atoms with Crippen molar-refractivity contribution in [1.82, 2.24) is 0 Å². The Labute approximate surface area is 143 Å². The third kappa shape index (κ3) is 2.13. The Morgan fingerprint density at radius 3 is 2.25 bits per heavy atom. The van der Waals surface area contributed by atoms with Crippen molar-refractivity contribution in [3.63, 3.8) is 0 Å². The molecule has 0 heterocycles. The molecule has 0 bridgehead atoms. The van der Waals surface area contributed by atoms with Gasteiger partial charge in [0.1, 0.15) is 0 Å².